The lowest BCUT2D eigenvalue weighted by molar-refractivity contribution is -0.119. The Morgan fingerprint density at radius 3 is 1.04 bits per heavy atom. The molecule has 3 saturated carbocycles. The third kappa shape index (κ3) is 1.11. The van der Waals surface area contributed by atoms with Crippen LogP contribution in [0.5, 0.6) is 0 Å². The molecule has 3 heteroatoms. The highest BCUT2D eigenvalue weighted by atomic mass is 16.1. The normalized spacial score (nSPS) is 42.2. The van der Waals surface area contributed by atoms with Gasteiger partial charge in [-0.25, -0.2) is 0 Å². The molecule has 0 spiro atoms. The van der Waals surface area contributed by atoms with Crippen LogP contribution in [0.3, 0.4) is 0 Å². The van der Waals surface area contributed by atoms with Gasteiger partial charge in [0.1, 0.15) is 17.3 Å². The van der Waals surface area contributed by atoms with E-state index in [0.717, 1.165) is 19.3 Å². The predicted octanol–water partition coefficient (Wildman–Crippen LogP) is 3.32. The van der Waals surface area contributed by atoms with E-state index in [1.807, 2.05) is 0 Å². The number of benzene rings is 1. The van der Waals surface area contributed by atoms with Gasteiger partial charge < -0.3 is 0 Å². The summed E-state index contributed by atoms with van der Waals surface area (Å²) in [4.78, 5) is 37.4. The van der Waals surface area contributed by atoms with E-state index < -0.39 is 0 Å². The Kier molecular flexibility index (Phi) is 1.88. The molecule has 6 aliphatic carbocycles. The molecule has 3 fully saturated rings. The Balaban J connectivity index is 1.64. The monoisotopic (exact) mass is 318 g/mol. The lowest BCUT2D eigenvalue weighted by Crippen LogP contribution is -2.23. The van der Waals surface area contributed by atoms with Gasteiger partial charge in [-0.05, 0) is 70.4 Å². The number of hydrogen-bond acceptors (Lipinski definition) is 3. The molecule has 0 heterocycles. The Morgan fingerprint density at radius 2 is 0.750 bits per heavy atom. The first-order chi connectivity index (χ1) is 11.6. The number of Topliss-reactive ketones (excluding diaryl/α,β-unsaturated/α-hetero) is 3. The van der Waals surface area contributed by atoms with E-state index in [-0.39, 0.29) is 17.8 Å². The van der Waals surface area contributed by atoms with Crippen molar-refractivity contribution in [2.24, 2.45) is 0 Å². The largest absolute Gasteiger partial charge is 0.299 e. The third-order valence-corrected chi connectivity index (χ3v) is 8.08. The second-order valence-electron chi connectivity index (χ2n) is 8.95. The zero-order valence-electron chi connectivity index (χ0n) is 13.4. The fraction of sp³-hybridized carbons (Fsp3) is 0.571. The second kappa shape index (κ2) is 3.58. The van der Waals surface area contributed by atoms with Crippen LogP contribution in [0.25, 0.3) is 0 Å². The van der Waals surface area contributed by atoms with Crippen molar-refractivity contribution in [2.45, 2.75) is 74.0 Å². The van der Waals surface area contributed by atoms with E-state index in [1.165, 1.54) is 33.4 Å². The van der Waals surface area contributed by atoms with Crippen LogP contribution in [-0.4, -0.2) is 17.3 Å². The molecule has 6 unspecified atom stereocenters. The smallest absolute Gasteiger partial charge is 0.140 e. The number of rotatable bonds is 0. The van der Waals surface area contributed by atoms with Crippen molar-refractivity contribution >= 4 is 17.3 Å². The van der Waals surface area contributed by atoms with Crippen LogP contribution in [0.4, 0.5) is 0 Å². The molecule has 0 N–H and O–H groups in total. The van der Waals surface area contributed by atoms with Crippen LogP contribution < -0.4 is 0 Å². The van der Waals surface area contributed by atoms with Gasteiger partial charge in [-0.15, -0.1) is 0 Å². The summed E-state index contributed by atoms with van der Waals surface area (Å²) in [5.74, 6) is 2.51. The number of ketones is 3. The molecule has 7 rings (SSSR count). The van der Waals surface area contributed by atoms with E-state index in [2.05, 4.69) is 0 Å². The van der Waals surface area contributed by atoms with Gasteiger partial charge in [0.2, 0.25) is 0 Å². The molecule has 1 aromatic carbocycles. The molecule has 120 valence electrons. The van der Waals surface area contributed by atoms with Crippen molar-refractivity contribution in [2.75, 3.05) is 0 Å². The van der Waals surface area contributed by atoms with Crippen molar-refractivity contribution < 1.29 is 14.4 Å². The van der Waals surface area contributed by atoms with Crippen molar-refractivity contribution in [3.63, 3.8) is 0 Å². The van der Waals surface area contributed by atoms with Gasteiger partial charge in [-0.2, -0.15) is 0 Å². The van der Waals surface area contributed by atoms with E-state index >= 15 is 0 Å². The fourth-order valence-corrected chi connectivity index (χ4v) is 7.47. The molecule has 6 bridgehead atoms. The molecule has 0 saturated heterocycles. The molecule has 0 amide bonds. The average molecular weight is 318 g/mol. The van der Waals surface area contributed by atoms with Gasteiger partial charge in [0.25, 0.3) is 0 Å². The van der Waals surface area contributed by atoms with Gasteiger partial charge in [0.15, 0.2) is 0 Å². The number of fused-ring (bicyclic) bond motifs is 18. The van der Waals surface area contributed by atoms with Gasteiger partial charge in [-0.1, -0.05) is 0 Å². The maximum Gasteiger partial charge on any atom is 0.140 e. The Bertz CT molecular complexity index is 783. The zero-order chi connectivity index (χ0) is 15.9. The first-order valence-corrected chi connectivity index (χ1v) is 9.45. The Hall–Kier alpha value is -1.77. The van der Waals surface area contributed by atoms with Crippen LogP contribution in [0.1, 0.15) is 107 Å². The summed E-state index contributed by atoms with van der Waals surface area (Å²) >= 11 is 0. The zero-order valence-corrected chi connectivity index (χ0v) is 13.4. The van der Waals surface area contributed by atoms with Gasteiger partial charge in [0, 0.05) is 37.0 Å². The maximum atomic E-state index is 12.5. The maximum absolute atomic E-state index is 12.5. The molecule has 3 nitrogen and oxygen atoms in total. The summed E-state index contributed by atoms with van der Waals surface area (Å²) in [5.41, 5.74) is 8.16. The van der Waals surface area contributed by atoms with Gasteiger partial charge in [0.05, 0.1) is 0 Å². The van der Waals surface area contributed by atoms with Crippen molar-refractivity contribution in [3.8, 4) is 0 Å². The topological polar surface area (TPSA) is 51.2 Å². The minimum atomic E-state index is 0.0766. The molecular weight excluding hydrogens is 300 g/mol. The van der Waals surface area contributed by atoms with Crippen molar-refractivity contribution in [1.82, 2.24) is 0 Å². The predicted molar refractivity (Wildman–Crippen MR) is 85.6 cm³/mol. The van der Waals surface area contributed by atoms with E-state index in [1.54, 1.807) is 0 Å². The van der Waals surface area contributed by atoms with Crippen molar-refractivity contribution in [3.05, 3.63) is 33.4 Å². The molecule has 0 radical (unpaired) electrons. The van der Waals surface area contributed by atoms with Crippen LogP contribution in [0, 0.1) is 0 Å². The number of carbonyl (C=O) groups excluding carboxylic acids is 3. The lowest BCUT2D eigenvalue weighted by atomic mass is 9.71. The quantitative estimate of drug-likeness (QED) is 0.737. The summed E-state index contributed by atoms with van der Waals surface area (Å²) in [6.45, 7) is 0. The minimum absolute atomic E-state index is 0.0766. The number of hydrogen-bond donors (Lipinski definition) is 0. The highest BCUT2D eigenvalue weighted by Gasteiger charge is 2.58. The Morgan fingerprint density at radius 1 is 0.458 bits per heavy atom. The highest BCUT2D eigenvalue weighted by Crippen LogP contribution is 2.67. The van der Waals surface area contributed by atoms with E-state index in [4.69, 9.17) is 0 Å². The molecular formula is C21H18O3. The summed E-state index contributed by atoms with van der Waals surface area (Å²) < 4.78 is 0. The minimum Gasteiger partial charge on any atom is -0.299 e. The first kappa shape index (κ1) is 12.6. The van der Waals surface area contributed by atoms with Crippen molar-refractivity contribution in [1.29, 1.82) is 0 Å². The molecule has 0 aliphatic heterocycles. The van der Waals surface area contributed by atoms with Crippen LogP contribution in [0.2, 0.25) is 0 Å². The lowest BCUT2D eigenvalue weighted by Gasteiger charge is -2.31. The summed E-state index contributed by atoms with van der Waals surface area (Å²) in [7, 11) is 0. The third-order valence-electron chi connectivity index (χ3n) is 8.08. The molecule has 24 heavy (non-hydrogen) atoms. The first-order valence-electron chi connectivity index (χ1n) is 9.45. The van der Waals surface area contributed by atoms with E-state index in [9.17, 15) is 14.4 Å². The van der Waals surface area contributed by atoms with Crippen LogP contribution in [-0.2, 0) is 14.4 Å². The Labute approximate surface area is 139 Å². The van der Waals surface area contributed by atoms with Gasteiger partial charge in [-0.3, -0.25) is 14.4 Å². The molecule has 6 atom stereocenters. The summed E-state index contributed by atoms with van der Waals surface area (Å²) in [5, 5.41) is 0. The fourth-order valence-electron chi connectivity index (χ4n) is 7.47. The molecule has 0 aromatic heterocycles. The number of carbonyl (C=O) groups is 3. The van der Waals surface area contributed by atoms with Crippen LogP contribution in [0.15, 0.2) is 0 Å². The standard InChI is InChI=1S/C21H18O3/c22-13-4-7-1-10(13)19-16(7)20-11-3-9(6-14(11)23)18(20)21-12-2-8(17(19)21)5-15(12)24/h7-12H,1-6H2. The van der Waals surface area contributed by atoms with Crippen LogP contribution >= 0.6 is 0 Å². The van der Waals surface area contributed by atoms with E-state index in [0.29, 0.717) is 54.4 Å². The highest BCUT2D eigenvalue weighted by molar-refractivity contribution is 6.00. The summed E-state index contributed by atoms with van der Waals surface area (Å²) in [6.07, 6.45) is 4.94. The molecule has 1 aromatic rings. The SMILES string of the molecule is O=C1CC2CC1c1c2c2c(c3c1C1CC(=O)C3C1)C1CC(=O)C2C1. The van der Waals surface area contributed by atoms with Gasteiger partial charge >= 0.3 is 0 Å². The molecule has 6 aliphatic rings. The second-order valence-corrected chi connectivity index (χ2v) is 8.95. The average Bonchev–Trinajstić information content (AvgIpc) is 3.31. The summed E-state index contributed by atoms with van der Waals surface area (Å²) in [6, 6.07) is 0.